The van der Waals surface area contributed by atoms with Crippen molar-refractivity contribution in [1.29, 1.82) is 0 Å². The summed E-state index contributed by atoms with van der Waals surface area (Å²) in [6.07, 6.45) is 1.78. The summed E-state index contributed by atoms with van der Waals surface area (Å²) in [5, 5.41) is 6.31. The molecule has 2 N–H and O–H groups in total. The van der Waals surface area contributed by atoms with Gasteiger partial charge < -0.3 is 10.3 Å². The zero-order chi connectivity index (χ0) is 14.8. The molecule has 0 fully saturated rings. The number of anilines is 1. The summed E-state index contributed by atoms with van der Waals surface area (Å²) >= 11 is 2.92. The molecule has 21 heavy (non-hydrogen) atoms. The monoisotopic (exact) mass is 320 g/mol. The van der Waals surface area contributed by atoms with Crippen molar-refractivity contribution in [1.82, 2.24) is 15.0 Å². The van der Waals surface area contributed by atoms with Crippen LogP contribution < -0.4 is 10.2 Å². The molecular weight excluding hydrogens is 304 g/mol. The molecule has 3 aromatic heterocycles. The number of thiazole rings is 1. The molecule has 0 bridgehead atoms. The topological polar surface area (TPSA) is 70.7 Å². The summed E-state index contributed by atoms with van der Waals surface area (Å²) in [4.78, 5) is 25.3. The average Bonchev–Trinajstić information content (AvgIpc) is 3.04. The maximum Gasteiger partial charge on any atom is 0.304 e. The molecule has 0 aliphatic heterocycles. The fourth-order valence-corrected chi connectivity index (χ4v) is 3.77. The molecule has 0 atom stereocenters. The first kappa shape index (κ1) is 14.2. The van der Waals surface area contributed by atoms with Gasteiger partial charge in [0.2, 0.25) is 0 Å². The number of fused-ring (bicyclic) bond motifs is 1. The molecule has 7 heteroatoms. The van der Waals surface area contributed by atoms with Crippen LogP contribution in [0.15, 0.2) is 16.2 Å². The normalized spacial score (nSPS) is 11.1. The first-order valence-electron chi connectivity index (χ1n) is 6.83. The second-order valence-corrected chi connectivity index (χ2v) is 6.71. The van der Waals surface area contributed by atoms with Crippen LogP contribution in [0.1, 0.15) is 23.3 Å². The van der Waals surface area contributed by atoms with Gasteiger partial charge in [0.15, 0.2) is 0 Å². The van der Waals surface area contributed by atoms with E-state index in [0.29, 0.717) is 0 Å². The van der Waals surface area contributed by atoms with Crippen molar-refractivity contribution in [2.75, 3.05) is 11.9 Å². The third-order valence-electron chi connectivity index (χ3n) is 3.16. The van der Waals surface area contributed by atoms with Crippen molar-refractivity contribution in [2.45, 2.75) is 26.7 Å². The number of nitrogens with one attached hydrogen (secondary N) is 2. The van der Waals surface area contributed by atoms with E-state index in [9.17, 15) is 4.79 Å². The molecule has 0 aliphatic rings. The van der Waals surface area contributed by atoms with Gasteiger partial charge in [0, 0.05) is 28.9 Å². The number of H-pyrrole nitrogens is 1. The number of aryl methyl sites for hydroxylation is 2. The van der Waals surface area contributed by atoms with E-state index in [0.717, 1.165) is 46.9 Å². The van der Waals surface area contributed by atoms with Gasteiger partial charge in [-0.15, -0.1) is 11.3 Å². The van der Waals surface area contributed by atoms with Gasteiger partial charge in [-0.2, -0.15) is 0 Å². The molecule has 5 nitrogen and oxygen atoms in total. The zero-order valence-corrected chi connectivity index (χ0v) is 13.5. The Morgan fingerprint density at radius 3 is 2.95 bits per heavy atom. The molecule has 3 heterocycles. The lowest BCUT2D eigenvalue weighted by atomic mass is 10.3. The van der Waals surface area contributed by atoms with Crippen LogP contribution in [-0.4, -0.2) is 21.5 Å². The lowest BCUT2D eigenvalue weighted by Crippen LogP contribution is -2.08. The summed E-state index contributed by atoms with van der Waals surface area (Å²) in [5.41, 5.74) is 0.957. The van der Waals surface area contributed by atoms with E-state index >= 15 is 0 Å². The number of nitrogens with zero attached hydrogens (tertiary/aromatic N) is 2. The third kappa shape index (κ3) is 3.14. The molecule has 0 spiro atoms. The Balaban J connectivity index is 1.79. The molecular formula is C14H16N4OS2. The Bertz CT molecular complexity index is 818. The number of aromatic nitrogens is 3. The van der Waals surface area contributed by atoms with Crippen LogP contribution in [0.5, 0.6) is 0 Å². The summed E-state index contributed by atoms with van der Waals surface area (Å²) < 4.78 is 0. The number of hydrogen-bond acceptors (Lipinski definition) is 6. The fourth-order valence-electron chi connectivity index (χ4n) is 2.14. The Labute approximate surface area is 130 Å². The first-order valence-corrected chi connectivity index (χ1v) is 8.53. The van der Waals surface area contributed by atoms with Crippen molar-refractivity contribution in [3.63, 3.8) is 0 Å². The summed E-state index contributed by atoms with van der Waals surface area (Å²) in [6, 6.07) is 2.16. The van der Waals surface area contributed by atoms with Gasteiger partial charge in [-0.3, -0.25) is 4.79 Å². The maximum absolute atomic E-state index is 11.1. The summed E-state index contributed by atoms with van der Waals surface area (Å²) in [7, 11) is 0. The van der Waals surface area contributed by atoms with E-state index in [1.54, 1.807) is 11.3 Å². The van der Waals surface area contributed by atoms with Gasteiger partial charge >= 0.3 is 4.87 Å². The van der Waals surface area contributed by atoms with Gasteiger partial charge in [0.1, 0.15) is 16.5 Å². The van der Waals surface area contributed by atoms with Crippen LogP contribution in [0.2, 0.25) is 0 Å². The molecule has 0 radical (unpaired) electrons. The van der Waals surface area contributed by atoms with Gasteiger partial charge in [-0.05, 0) is 19.4 Å². The first-order chi connectivity index (χ1) is 10.2. The highest BCUT2D eigenvalue weighted by atomic mass is 32.1. The highest BCUT2D eigenvalue weighted by Gasteiger charge is 2.09. The van der Waals surface area contributed by atoms with E-state index in [1.165, 1.54) is 16.2 Å². The van der Waals surface area contributed by atoms with Crippen molar-refractivity contribution in [3.05, 3.63) is 37.5 Å². The molecule has 0 unspecified atom stereocenters. The number of thiophene rings is 1. The lowest BCUT2D eigenvalue weighted by Gasteiger charge is -2.06. The predicted octanol–water partition coefficient (Wildman–Crippen LogP) is 2.97. The second kappa shape index (κ2) is 5.95. The summed E-state index contributed by atoms with van der Waals surface area (Å²) in [6.45, 7) is 4.78. The average molecular weight is 320 g/mol. The minimum absolute atomic E-state index is 0.00399. The number of aromatic amines is 1. The predicted molar refractivity (Wildman–Crippen MR) is 88.7 cm³/mol. The highest BCUT2D eigenvalue weighted by molar-refractivity contribution is 7.18. The molecule has 0 saturated carbocycles. The molecule has 0 saturated heterocycles. The smallest absolute Gasteiger partial charge is 0.304 e. The van der Waals surface area contributed by atoms with Crippen molar-refractivity contribution in [2.24, 2.45) is 0 Å². The third-order valence-corrected chi connectivity index (χ3v) is 5.05. The maximum atomic E-state index is 11.1. The molecule has 3 rings (SSSR count). The van der Waals surface area contributed by atoms with E-state index in [-0.39, 0.29) is 4.87 Å². The molecule has 0 aliphatic carbocycles. The van der Waals surface area contributed by atoms with Crippen LogP contribution in [0.25, 0.3) is 10.2 Å². The molecule has 0 amide bonds. The number of hydrogen-bond donors (Lipinski definition) is 2. The van der Waals surface area contributed by atoms with Gasteiger partial charge in [-0.25, -0.2) is 9.97 Å². The zero-order valence-electron chi connectivity index (χ0n) is 11.9. The quantitative estimate of drug-likeness (QED) is 0.758. The van der Waals surface area contributed by atoms with Gasteiger partial charge in [0.25, 0.3) is 0 Å². The summed E-state index contributed by atoms with van der Waals surface area (Å²) in [5.74, 6) is 1.66. The Kier molecular flexibility index (Phi) is 4.03. The van der Waals surface area contributed by atoms with Crippen LogP contribution in [-0.2, 0) is 12.8 Å². The van der Waals surface area contributed by atoms with Crippen LogP contribution in [0, 0.1) is 6.92 Å². The lowest BCUT2D eigenvalue weighted by molar-refractivity contribution is 0.957. The SMILES string of the molecule is CCc1cc2c(NCCc3csc(=O)[nH]3)nc(C)nc2s1. The minimum Gasteiger partial charge on any atom is -0.369 e. The largest absolute Gasteiger partial charge is 0.369 e. The number of rotatable bonds is 5. The van der Waals surface area contributed by atoms with Crippen LogP contribution in [0.4, 0.5) is 5.82 Å². The standard InChI is InChI=1S/C14H16N4OS2/c1-3-10-6-11-12(16-8(2)17-13(11)21-10)15-5-4-9-7-20-14(19)18-9/h6-7H,3-5H2,1-2H3,(H,18,19)(H,15,16,17). The highest BCUT2D eigenvalue weighted by Crippen LogP contribution is 2.29. The van der Waals surface area contributed by atoms with Crippen molar-refractivity contribution in [3.8, 4) is 0 Å². The molecule has 110 valence electrons. The van der Waals surface area contributed by atoms with Crippen molar-refractivity contribution >= 4 is 38.7 Å². The fraction of sp³-hybridized carbons (Fsp3) is 0.357. The van der Waals surface area contributed by atoms with Gasteiger partial charge in [0.05, 0.1) is 5.39 Å². The Morgan fingerprint density at radius 2 is 2.24 bits per heavy atom. The second-order valence-electron chi connectivity index (χ2n) is 4.75. The molecule has 3 aromatic rings. The van der Waals surface area contributed by atoms with E-state index in [1.807, 2.05) is 12.3 Å². The van der Waals surface area contributed by atoms with E-state index in [4.69, 9.17) is 0 Å². The van der Waals surface area contributed by atoms with Crippen molar-refractivity contribution < 1.29 is 0 Å². The molecule has 0 aromatic carbocycles. The Morgan fingerprint density at radius 1 is 1.38 bits per heavy atom. The van der Waals surface area contributed by atoms with E-state index < -0.39 is 0 Å². The van der Waals surface area contributed by atoms with Crippen LogP contribution in [0.3, 0.4) is 0 Å². The van der Waals surface area contributed by atoms with Gasteiger partial charge in [-0.1, -0.05) is 18.3 Å². The Hall–Kier alpha value is -1.73. The van der Waals surface area contributed by atoms with Crippen LogP contribution >= 0.6 is 22.7 Å². The van der Waals surface area contributed by atoms with E-state index in [2.05, 4.69) is 33.3 Å². The minimum atomic E-state index is -0.00399.